The van der Waals surface area contributed by atoms with Crippen molar-refractivity contribution in [1.82, 2.24) is 15.0 Å². The molecule has 1 aromatic carbocycles. The summed E-state index contributed by atoms with van der Waals surface area (Å²) < 4.78 is 5.60. The van der Waals surface area contributed by atoms with E-state index in [2.05, 4.69) is 15.0 Å². The lowest BCUT2D eigenvalue weighted by atomic mass is 10.3. The molecule has 0 saturated carbocycles. The lowest BCUT2D eigenvalue weighted by molar-refractivity contribution is 0.556. The van der Waals surface area contributed by atoms with Gasteiger partial charge >= 0.3 is 0 Å². The molecular formula is C12H12N6OS. The van der Waals surface area contributed by atoms with Crippen LogP contribution in [0, 0.1) is 0 Å². The number of aromatic nitrogens is 3. The lowest BCUT2D eigenvalue weighted by Crippen LogP contribution is -1.99. The molecule has 3 aromatic rings. The summed E-state index contributed by atoms with van der Waals surface area (Å²) >= 11 is 1.35. The molecule has 0 unspecified atom stereocenters. The number of hydrogen-bond acceptors (Lipinski definition) is 8. The van der Waals surface area contributed by atoms with Crippen LogP contribution < -0.4 is 17.2 Å². The molecule has 0 saturated heterocycles. The van der Waals surface area contributed by atoms with Gasteiger partial charge in [-0.1, -0.05) is 11.8 Å². The minimum atomic E-state index is 0.338. The van der Waals surface area contributed by atoms with Crippen LogP contribution in [0.1, 0.15) is 5.89 Å². The third kappa shape index (κ3) is 2.59. The van der Waals surface area contributed by atoms with E-state index in [4.69, 9.17) is 21.6 Å². The standard InChI is InChI=1S/C12H12N6OS/c13-6-1-2-7-8(3-6)19-11(16-7)5-20-12-17-9(14)4-10(15)18-12/h1-4H,5,13H2,(H4,14,15,17,18). The van der Waals surface area contributed by atoms with Crippen molar-refractivity contribution in [3.05, 3.63) is 30.2 Å². The average Bonchev–Trinajstić information content (AvgIpc) is 2.77. The van der Waals surface area contributed by atoms with E-state index in [0.717, 1.165) is 5.52 Å². The van der Waals surface area contributed by atoms with Crippen molar-refractivity contribution < 1.29 is 4.42 Å². The summed E-state index contributed by atoms with van der Waals surface area (Å²) in [6, 6.07) is 6.85. The number of oxazole rings is 1. The van der Waals surface area contributed by atoms with E-state index in [1.165, 1.54) is 17.8 Å². The number of anilines is 3. The molecular weight excluding hydrogens is 276 g/mol. The Morgan fingerprint density at radius 3 is 2.50 bits per heavy atom. The Bertz CT molecular complexity index is 751. The van der Waals surface area contributed by atoms with Crippen LogP contribution in [0.5, 0.6) is 0 Å². The average molecular weight is 288 g/mol. The molecule has 0 aliphatic carbocycles. The fourth-order valence-corrected chi connectivity index (χ4v) is 2.42. The summed E-state index contributed by atoms with van der Waals surface area (Å²) in [6.45, 7) is 0. The molecule has 7 nitrogen and oxygen atoms in total. The van der Waals surface area contributed by atoms with Crippen molar-refractivity contribution in [2.75, 3.05) is 17.2 Å². The van der Waals surface area contributed by atoms with Gasteiger partial charge in [-0.25, -0.2) is 15.0 Å². The van der Waals surface area contributed by atoms with E-state index in [0.29, 0.717) is 39.7 Å². The highest BCUT2D eigenvalue weighted by molar-refractivity contribution is 7.98. The molecule has 2 heterocycles. The van der Waals surface area contributed by atoms with Crippen LogP contribution in [0.25, 0.3) is 11.1 Å². The van der Waals surface area contributed by atoms with E-state index in [1.807, 2.05) is 6.07 Å². The van der Waals surface area contributed by atoms with Crippen molar-refractivity contribution >= 4 is 40.2 Å². The Kier molecular flexibility index (Phi) is 3.07. The van der Waals surface area contributed by atoms with Crippen LogP contribution in [-0.2, 0) is 5.75 Å². The fourth-order valence-electron chi connectivity index (χ4n) is 1.70. The van der Waals surface area contributed by atoms with E-state index < -0.39 is 0 Å². The van der Waals surface area contributed by atoms with Gasteiger partial charge in [-0.05, 0) is 12.1 Å². The fraction of sp³-hybridized carbons (Fsp3) is 0.0833. The Morgan fingerprint density at radius 2 is 1.75 bits per heavy atom. The Labute approximate surface area is 118 Å². The Morgan fingerprint density at radius 1 is 1.00 bits per heavy atom. The highest BCUT2D eigenvalue weighted by Crippen LogP contribution is 2.24. The molecule has 0 aliphatic rings. The smallest absolute Gasteiger partial charge is 0.205 e. The third-order valence-corrected chi connectivity index (χ3v) is 3.36. The molecule has 0 atom stereocenters. The van der Waals surface area contributed by atoms with Crippen LogP contribution in [0.15, 0.2) is 33.8 Å². The molecule has 0 spiro atoms. The second-order valence-corrected chi connectivity index (χ2v) is 5.07. The molecule has 102 valence electrons. The number of nitrogen functional groups attached to an aromatic ring is 3. The number of hydrogen-bond donors (Lipinski definition) is 3. The van der Waals surface area contributed by atoms with Crippen molar-refractivity contribution in [3.63, 3.8) is 0 Å². The maximum Gasteiger partial charge on any atom is 0.205 e. The number of nitrogens with two attached hydrogens (primary N) is 3. The maximum absolute atomic E-state index is 5.69. The van der Waals surface area contributed by atoms with Gasteiger partial charge < -0.3 is 21.6 Å². The second-order valence-electron chi connectivity index (χ2n) is 4.12. The highest BCUT2D eigenvalue weighted by atomic mass is 32.2. The Balaban J connectivity index is 1.79. The molecule has 8 heteroatoms. The van der Waals surface area contributed by atoms with E-state index in [9.17, 15) is 0 Å². The van der Waals surface area contributed by atoms with Gasteiger partial charge in [-0.15, -0.1) is 0 Å². The van der Waals surface area contributed by atoms with Crippen LogP contribution in [0.4, 0.5) is 17.3 Å². The van der Waals surface area contributed by atoms with Crippen LogP contribution in [0.3, 0.4) is 0 Å². The monoisotopic (exact) mass is 288 g/mol. The van der Waals surface area contributed by atoms with Gasteiger partial charge in [0.2, 0.25) is 5.89 Å². The van der Waals surface area contributed by atoms with Crippen molar-refractivity contribution in [1.29, 1.82) is 0 Å². The molecule has 20 heavy (non-hydrogen) atoms. The molecule has 0 aliphatic heterocycles. The summed E-state index contributed by atoms with van der Waals surface area (Å²) in [4.78, 5) is 12.5. The zero-order valence-corrected chi connectivity index (χ0v) is 11.2. The van der Waals surface area contributed by atoms with Gasteiger partial charge in [0.1, 0.15) is 17.2 Å². The predicted molar refractivity (Wildman–Crippen MR) is 78.8 cm³/mol. The summed E-state index contributed by atoms with van der Waals surface area (Å²) in [6.07, 6.45) is 0. The van der Waals surface area contributed by atoms with Gasteiger partial charge in [-0.2, -0.15) is 0 Å². The van der Waals surface area contributed by atoms with Crippen LogP contribution in [0.2, 0.25) is 0 Å². The predicted octanol–water partition coefficient (Wildman–Crippen LogP) is 1.66. The van der Waals surface area contributed by atoms with Crippen molar-refractivity contribution in [2.45, 2.75) is 10.9 Å². The summed E-state index contributed by atoms with van der Waals surface area (Å²) in [5.41, 5.74) is 19.0. The summed E-state index contributed by atoms with van der Waals surface area (Å²) in [5.74, 6) is 1.73. The largest absolute Gasteiger partial charge is 0.440 e. The number of thioether (sulfide) groups is 1. The number of fused-ring (bicyclic) bond motifs is 1. The topological polar surface area (TPSA) is 130 Å². The van der Waals surface area contributed by atoms with Gasteiger partial charge in [0.15, 0.2) is 10.7 Å². The molecule has 3 rings (SSSR count). The maximum atomic E-state index is 5.69. The summed E-state index contributed by atoms with van der Waals surface area (Å²) in [5, 5.41) is 0.490. The van der Waals surface area contributed by atoms with Crippen molar-refractivity contribution in [3.8, 4) is 0 Å². The SMILES string of the molecule is Nc1ccc2nc(CSc3nc(N)cc(N)n3)oc2c1. The normalized spacial score (nSPS) is 11.0. The van der Waals surface area contributed by atoms with Crippen LogP contribution in [-0.4, -0.2) is 15.0 Å². The number of benzene rings is 1. The molecule has 0 radical (unpaired) electrons. The third-order valence-electron chi connectivity index (χ3n) is 2.53. The molecule has 2 aromatic heterocycles. The van der Waals surface area contributed by atoms with Gasteiger partial charge in [-0.3, -0.25) is 0 Å². The first-order chi connectivity index (χ1) is 9.60. The molecule has 6 N–H and O–H groups in total. The van der Waals surface area contributed by atoms with Gasteiger partial charge in [0.05, 0.1) is 5.75 Å². The Hall–Kier alpha value is -2.48. The zero-order valence-electron chi connectivity index (χ0n) is 10.4. The second kappa shape index (κ2) is 4.89. The first kappa shape index (κ1) is 12.5. The summed E-state index contributed by atoms with van der Waals surface area (Å²) in [7, 11) is 0. The lowest BCUT2D eigenvalue weighted by Gasteiger charge is -2.00. The first-order valence-corrected chi connectivity index (χ1v) is 6.76. The molecule has 0 fully saturated rings. The minimum Gasteiger partial charge on any atom is -0.440 e. The van der Waals surface area contributed by atoms with Gasteiger partial charge in [0.25, 0.3) is 0 Å². The van der Waals surface area contributed by atoms with E-state index in [-0.39, 0.29) is 0 Å². The molecule has 0 bridgehead atoms. The van der Waals surface area contributed by atoms with Crippen LogP contribution >= 0.6 is 11.8 Å². The number of rotatable bonds is 3. The van der Waals surface area contributed by atoms with E-state index in [1.54, 1.807) is 12.1 Å². The quantitative estimate of drug-likeness (QED) is 0.377. The van der Waals surface area contributed by atoms with Crippen molar-refractivity contribution in [2.24, 2.45) is 0 Å². The van der Waals surface area contributed by atoms with Gasteiger partial charge in [0, 0.05) is 17.8 Å². The minimum absolute atomic E-state index is 0.338. The van der Waals surface area contributed by atoms with E-state index >= 15 is 0 Å². The first-order valence-electron chi connectivity index (χ1n) is 5.78. The highest BCUT2D eigenvalue weighted by Gasteiger charge is 2.08. The zero-order chi connectivity index (χ0) is 14.1. The number of nitrogens with zero attached hydrogens (tertiary/aromatic N) is 3. The molecule has 0 amide bonds.